The van der Waals surface area contributed by atoms with Crippen molar-refractivity contribution in [3.63, 3.8) is 0 Å². The first kappa shape index (κ1) is 32.4. The van der Waals surface area contributed by atoms with Gasteiger partial charge in [-0.15, -0.1) is 22.7 Å². The van der Waals surface area contributed by atoms with Gasteiger partial charge in [-0.2, -0.15) is 0 Å². The highest BCUT2D eigenvalue weighted by molar-refractivity contribution is 7.26. The van der Waals surface area contributed by atoms with Crippen LogP contribution in [-0.4, -0.2) is 29.9 Å². The number of aromatic nitrogens is 6. The Morgan fingerprint density at radius 2 is 0.679 bits per heavy atom. The van der Waals surface area contributed by atoms with Gasteiger partial charge >= 0.3 is 0 Å². The molecule has 56 heavy (non-hydrogen) atoms. The molecule has 6 nitrogen and oxygen atoms in total. The van der Waals surface area contributed by atoms with Crippen molar-refractivity contribution in [2.75, 3.05) is 0 Å². The molecule has 0 amide bonds. The van der Waals surface area contributed by atoms with E-state index in [1.165, 1.54) is 20.2 Å². The lowest BCUT2D eigenvalue weighted by Gasteiger charge is -2.09. The summed E-state index contributed by atoms with van der Waals surface area (Å²) in [7, 11) is 0. The van der Waals surface area contributed by atoms with Gasteiger partial charge in [-0.1, -0.05) is 121 Å². The average molecular weight is 753 g/mol. The summed E-state index contributed by atoms with van der Waals surface area (Å²) in [4.78, 5) is 30.3. The van der Waals surface area contributed by atoms with Crippen LogP contribution in [0.4, 0.5) is 0 Å². The van der Waals surface area contributed by atoms with Crippen molar-refractivity contribution in [1.29, 1.82) is 0 Å². The molecular formula is C48H28N6S2. The van der Waals surface area contributed by atoms with Gasteiger partial charge in [0.1, 0.15) is 0 Å². The van der Waals surface area contributed by atoms with Crippen LogP contribution in [0.2, 0.25) is 0 Å². The number of rotatable bonds is 6. The largest absolute Gasteiger partial charge is 0.208 e. The van der Waals surface area contributed by atoms with Gasteiger partial charge in [-0.25, -0.2) is 29.9 Å². The van der Waals surface area contributed by atoms with E-state index in [-0.39, 0.29) is 0 Å². The average Bonchev–Trinajstić information content (AvgIpc) is 3.85. The van der Waals surface area contributed by atoms with Crippen molar-refractivity contribution >= 4 is 63.0 Å². The molecule has 0 aliphatic carbocycles. The summed E-state index contributed by atoms with van der Waals surface area (Å²) in [6.45, 7) is 0. The van der Waals surface area contributed by atoms with Crippen molar-refractivity contribution in [2.45, 2.75) is 0 Å². The van der Waals surface area contributed by atoms with Crippen LogP contribution in [0.1, 0.15) is 0 Å². The Hall–Kier alpha value is -7.00. The van der Waals surface area contributed by atoms with E-state index in [1.54, 1.807) is 22.7 Å². The summed E-state index contributed by atoms with van der Waals surface area (Å²) in [6.07, 6.45) is 0. The van der Waals surface area contributed by atoms with Crippen LogP contribution >= 0.6 is 22.7 Å². The van der Waals surface area contributed by atoms with Gasteiger partial charge in [0.05, 0.1) is 0 Å². The van der Waals surface area contributed by atoms with Gasteiger partial charge in [-0.05, 0) is 48.5 Å². The maximum Gasteiger partial charge on any atom is 0.165 e. The molecule has 4 heterocycles. The van der Waals surface area contributed by atoms with Crippen LogP contribution in [0.25, 0.3) is 109 Å². The van der Waals surface area contributed by atoms with Crippen molar-refractivity contribution in [1.82, 2.24) is 29.9 Å². The highest BCUT2D eigenvalue weighted by Crippen LogP contribution is 2.42. The third kappa shape index (κ3) is 5.71. The zero-order valence-electron chi connectivity index (χ0n) is 29.7. The molecule has 0 atom stereocenters. The van der Waals surface area contributed by atoms with Crippen LogP contribution in [0.15, 0.2) is 170 Å². The Morgan fingerprint density at radius 1 is 0.268 bits per heavy atom. The molecule has 0 aliphatic rings. The standard InChI is InChI=1S/C48H28N6S2/c1-4-13-29(14-5-1)43-49-44(30-15-6-2-7-16-30)51-46(50-43)33-24-26-41-38(28-33)35-20-12-21-36(42(35)56-41)48-53-45(31-17-8-3-9-18-31)52-47(54-48)32-23-25-40-37(27-32)34-19-10-11-22-39(34)55-40/h1-28H. The predicted octanol–water partition coefficient (Wildman–Crippen LogP) is 12.8. The SMILES string of the molecule is c1ccc(-c2nc(-c3ccccc3)nc(-c3ccc4sc5c(-c6nc(-c7ccccc7)nc(-c7ccc8sc9ccccc9c8c7)n6)cccc5c4c3)n2)cc1. The van der Waals surface area contributed by atoms with Crippen LogP contribution in [0.3, 0.4) is 0 Å². The Morgan fingerprint density at radius 3 is 1.23 bits per heavy atom. The van der Waals surface area contributed by atoms with Crippen LogP contribution < -0.4 is 0 Å². The second kappa shape index (κ2) is 13.4. The van der Waals surface area contributed by atoms with E-state index >= 15 is 0 Å². The molecule has 11 rings (SSSR count). The van der Waals surface area contributed by atoms with Crippen molar-refractivity contribution < 1.29 is 0 Å². The Bertz CT molecular complexity index is 3190. The quantitative estimate of drug-likeness (QED) is 0.168. The molecule has 0 bridgehead atoms. The molecule has 0 radical (unpaired) electrons. The summed E-state index contributed by atoms with van der Waals surface area (Å²) < 4.78 is 4.78. The molecule has 0 saturated carbocycles. The predicted molar refractivity (Wildman–Crippen MR) is 232 cm³/mol. The first-order valence-electron chi connectivity index (χ1n) is 18.3. The molecule has 0 aliphatic heterocycles. The van der Waals surface area contributed by atoms with Gasteiger partial charge in [0.15, 0.2) is 34.9 Å². The Kier molecular flexibility index (Phi) is 7.75. The zero-order chi connectivity index (χ0) is 37.0. The molecule has 11 aromatic rings. The third-order valence-corrected chi connectivity index (χ3v) is 12.4. The fourth-order valence-corrected chi connectivity index (χ4v) is 9.54. The lowest BCUT2D eigenvalue weighted by molar-refractivity contribution is 1.07. The molecule has 0 spiro atoms. The van der Waals surface area contributed by atoms with E-state index in [2.05, 4.69) is 78.9 Å². The summed E-state index contributed by atoms with van der Waals surface area (Å²) in [5.41, 5.74) is 5.66. The summed E-state index contributed by atoms with van der Waals surface area (Å²) in [6, 6.07) is 58.2. The minimum Gasteiger partial charge on any atom is -0.208 e. The summed E-state index contributed by atoms with van der Waals surface area (Å²) >= 11 is 3.55. The van der Waals surface area contributed by atoms with E-state index < -0.39 is 0 Å². The van der Waals surface area contributed by atoms with Crippen LogP contribution in [-0.2, 0) is 0 Å². The van der Waals surface area contributed by atoms with Gasteiger partial charge in [-0.3, -0.25) is 0 Å². The topological polar surface area (TPSA) is 77.3 Å². The molecule has 262 valence electrons. The highest BCUT2D eigenvalue weighted by Gasteiger charge is 2.19. The maximum atomic E-state index is 5.19. The lowest BCUT2D eigenvalue weighted by atomic mass is 10.1. The van der Waals surface area contributed by atoms with E-state index in [1.807, 2.05) is 91.0 Å². The van der Waals surface area contributed by atoms with E-state index in [0.29, 0.717) is 34.9 Å². The van der Waals surface area contributed by atoms with Crippen molar-refractivity contribution in [3.05, 3.63) is 170 Å². The van der Waals surface area contributed by atoms with E-state index in [9.17, 15) is 0 Å². The van der Waals surface area contributed by atoms with Gasteiger partial charge in [0, 0.05) is 73.7 Å². The first-order chi connectivity index (χ1) is 27.7. The third-order valence-electron chi connectivity index (χ3n) is 10.00. The van der Waals surface area contributed by atoms with Gasteiger partial charge in [0.2, 0.25) is 0 Å². The van der Waals surface area contributed by atoms with Gasteiger partial charge < -0.3 is 0 Å². The second-order valence-electron chi connectivity index (χ2n) is 13.5. The summed E-state index contributed by atoms with van der Waals surface area (Å²) in [5, 5.41) is 4.70. The molecule has 7 aromatic carbocycles. The molecular weight excluding hydrogens is 725 g/mol. The lowest BCUT2D eigenvalue weighted by Crippen LogP contribution is -2.00. The molecule has 0 fully saturated rings. The Balaban J connectivity index is 1.07. The van der Waals surface area contributed by atoms with E-state index in [0.717, 1.165) is 53.6 Å². The second-order valence-corrected chi connectivity index (χ2v) is 15.7. The summed E-state index contributed by atoms with van der Waals surface area (Å²) in [5.74, 6) is 3.82. The molecule has 0 N–H and O–H groups in total. The number of fused-ring (bicyclic) bond motifs is 6. The minimum absolute atomic E-state index is 0.625. The van der Waals surface area contributed by atoms with Crippen molar-refractivity contribution in [2.24, 2.45) is 0 Å². The first-order valence-corrected chi connectivity index (χ1v) is 19.9. The fraction of sp³-hybridized carbons (Fsp3) is 0. The highest BCUT2D eigenvalue weighted by atomic mass is 32.1. The van der Waals surface area contributed by atoms with Gasteiger partial charge in [0.25, 0.3) is 0 Å². The Labute approximate surface area is 329 Å². The van der Waals surface area contributed by atoms with Crippen LogP contribution in [0, 0.1) is 0 Å². The number of thiophene rings is 2. The monoisotopic (exact) mass is 752 g/mol. The number of benzene rings is 7. The number of nitrogens with zero attached hydrogens (tertiary/aromatic N) is 6. The fourth-order valence-electron chi connectivity index (χ4n) is 7.26. The van der Waals surface area contributed by atoms with Crippen LogP contribution in [0.5, 0.6) is 0 Å². The smallest absolute Gasteiger partial charge is 0.165 e. The van der Waals surface area contributed by atoms with E-state index in [4.69, 9.17) is 29.9 Å². The number of hydrogen-bond donors (Lipinski definition) is 0. The zero-order valence-corrected chi connectivity index (χ0v) is 31.3. The van der Waals surface area contributed by atoms with Crippen molar-refractivity contribution in [3.8, 4) is 68.3 Å². The molecule has 8 heteroatoms. The number of hydrogen-bond acceptors (Lipinski definition) is 8. The minimum atomic E-state index is 0.625. The molecule has 4 aromatic heterocycles. The molecule has 0 saturated heterocycles. The molecule has 0 unspecified atom stereocenters. The maximum absolute atomic E-state index is 5.19. The normalized spacial score (nSPS) is 11.6.